The summed E-state index contributed by atoms with van der Waals surface area (Å²) in [6, 6.07) is 4.56. The van der Waals surface area contributed by atoms with Crippen LogP contribution in [0.4, 0.5) is 10.5 Å². The number of hydrogen-bond donors (Lipinski definition) is 1. The zero-order valence-corrected chi connectivity index (χ0v) is 13.0. The molecule has 0 radical (unpaired) electrons. The van der Waals surface area contributed by atoms with Crippen molar-refractivity contribution in [3.05, 3.63) is 28.2 Å². The highest BCUT2D eigenvalue weighted by atomic mass is 79.9. The van der Waals surface area contributed by atoms with Gasteiger partial charge in [0.15, 0.2) is 0 Å². The molecule has 20 heavy (non-hydrogen) atoms. The van der Waals surface area contributed by atoms with E-state index in [0.29, 0.717) is 5.69 Å². The lowest BCUT2D eigenvalue weighted by atomic mass is 9.91. The van der Waals surface area contributed by atoms with E-state index >= 15 is 0 Å². The lowest BCUT2D eigenvalue weighted by molar-refractivity contribution is -0.136. The van der Waals surface area contributed by atoms with Gasteiger partial charge in [0.05, 0.1) is 5.69 Å². The molecule has 5 nitrogen and oxygen atoms in total. The molecule has 1 aliphatic rings. The van der Waals surface area contributed by atoms with Crippen molar-refractivity contribution >= 4 is 39.5 Å². The number of benzene rings is 1. The van der Waals surface area contributed by atoms with Crippen LogP contribution in [-0.2, 0) is 9.59 Å². The number of rotatable bonds is 2. The van der Waals surface area contributed by atoms with Gasteiger partial charge in [0.1, 0.15) is 5.92 Å². The molecule has 0 aromatic heterocycles. The van der Waals surface area contributed by atoms with Gasteiger partial charge in [-0.05, 0) is 30.5 Å². The average molecular weight is 339 g/mol. The fraction of sp³-hybridized carbons (Fsp3) is 0.357. The summed E-state index contributed by atoms with van der Waals surface area (Å²) in [5.74, 6) is -2.02. The summed E-state index contributed by atoms with van der Waals surface area (Å²) in [5.41, 5.74) is 1.26. The van der Waals surface area contributed by atoms with Crippen molar-refractivity contribution < 1.29 is 14.4 Å². The summed E-state index contributed by atoms with van der Waals surface area (Å²) in [5, 5.41) is 2.25. The highest BCUT2D eigenvalue weighted by Gasteiger charge is 2.43. The van der Waals surface area contributed by atoms with Crippen LogP contribution in [0.3, 0.4) is 0 Å². The van der Waals surface area contributed by atoms with E-state index in [1.165, 1.54) is 0 Å². The first-order valence-electron chi connectivity index (χ1n) is 6.28. The van der Waals surface area contributed by atoms with Gasteiger partial charge in [0.25, 0.3) is 0 Å². The van der Waals surface area contributed by atoms with Gasteiger partial charge < -0.3 is 0 Å². The Bertz CT molecular complexity index is 598. The number of nitrogens with zero attached hydrogens (tertiary/aromatic N) is 1. The monoisotopic (exact) mass is 338 g/mol. The van der Waals surface area contributed by atoms with Crippen molar-refractivity contribution in [2.75, 3.05) is 4.90 Å². The Morgan fingerprint density at radius 3 is 2.50 bits per heavy atom. The van der Waals surface area contributed by atoms with Gasteiger partial charge >= 0.3 is 6.03 Å². The van der Waals surface area contributed by atoms with Crippen LogP contribution in [0.2, 0.25) is 0 Å². The quantitative estimate of drug-likeness (QED) is 0.843. The molecule has 0 bridgehead atoms. The zero-order valence-electron chi connectivity index (χ0n) is 11.4. The minimum absolute atomic E-state index is 0.175. The fourth-order valence-corrected chi connectivity index (χ4v) is 2.60. The lowest BCUT2D eigenvalue weighted by Crippen LogP contribution is -2.59. The highest BCUT2D eigenvalue weighted by Crippen LogP contribution is 2.30. The maximum atomic E-state index is 12.5. The van der Waals surface area contributed by atoms with Crippen molar-refractivity contribution in [1.82, 2.24) is 5.32 Å². The molecule has 0 aliphatic carbocycles. The summed E-state index contributed by atoms with van der Waals surface area (Å²) in [6.45, 7) is 5.37. The second-order valence-electron chi connectivity index (χ2n) is 5.07. The molecule has 106 valence electrons. The molecule has 1 atom stereocenters. The molecular formula is C14H15BrN2O3. The van der Waals surface area contributed by atoms with Gasteiger partial charge in [0, 0.05) is 4.47 Å². The lowest BCUT2D eigenvalue weighted by Gasteiger charge is -2.32. The molecule has 1 N–H and O–H groups in total. The van der Waals surface area contributed by atoms with Crippen molar-refractivity contribution in [2.45, 2.75) is 20.8 Å². The summed E-state index contributed by atoms with van der Waals surface area (Å²) >= 11 is 3.37. The zero-order chi connectivity index (χ0) is 15.0. The molecule has 1 heterocycles. The van der Waals surface area contributed by atoms with Gasteiger partial charge in [0.2, 0.25) is 11.8 Å². The summed E-state index contributed by atoms with van der Waals surface area (Å²) in [4.78, 5) is 37.3. The molecule has 4 amide bonds. The SMILES string of the molecule is Cc1c(Br)cccc1N1C(=O)NC(=O)C(C(C)C)C1=O. The first-order chi connectivity index (χ1) is 9.34. The van der Waals surface area contributed by atoms with E-state index in [4.69, 9.17) is 0 Å². The minimum Gasteiger partial charge on any atom is -0.277 e. The van der Waals surface area contributed by atoms with E-state index in [1.807, 2.05) is 6.07 Å². The molecule has 1 saturated heterocycles. The molecule has 0 saturated carbocycles. The molecule has 1 aromatic rings. The summed E-state index contributed by atoms with van der Waals surface area (Å²) < 4.78 is 0.800. The molecule has 0 spiro atoms. The van der Waals surface area contributed by atoms with Crippen molar-refractivity contribution in [3.8, 4) is 0 Å². The van der Waals surface area contributed by atoms with Crippen molar-refractivity contribution in [1.29, 1.82) is 0 Å². The highest BCUT2D eigenvalue weighted by molar-refractivity contribution is 9.10. The number of imide groups is 2. The Labute approximate surface area is 125 Å². The van der Waals surface area contributed by atoms with Gasteiger partial charge in [-0.3, -0.25) is 14.9 Å². The third-order valence-electron chi connectivity index (χ3n) is 3.35. The van der Waals surface area contributed by atoms with E-state index in [1.54, 1.807) is 32.9 Å². The standard InChI is InChI=1S/C14H15BrN2O3/c1-7(2)11-12(18)16-14(20)17(13(11)19)10-6-4-5-9(15)8(10)3/h4-7,11H,1-3H3,(H,16,18,20). The van der Waals surface area contributed by atoms with Crippen LogP contribution < -0.4 is 10.2 Å². The molecule has 1 aliphatic heterocycles. The average Bonchev–Trinajstić information content (AvgIpc) is 2.33. The second kappa shape index (κ2) is 5.36. The second-order valence-corrected chi connectivity index (χ2v) is 5.93. The van der Waals surface area contributed by atoms with Crippen molar-refractivity contribution in [2.24, 2.45) is 11.8 Å². The number of urea groups is 1. The maximum Gasteiger partial charge on any atom is 0.335 e. The Kier molecular flexibility index (Phi) is 3.94. The number of hydrogen-bond acceptors (Lipinski definition) is 3. The van der Waals surface area contributed by atoms with E-state index in [0.717, 1.165) is 14.9 Å². The normalized spacial score (nSPS) is 19.6. The van der Waals surface area contributed by atoms with Crippen LogP contribution in [-0.4, -0.2) is 17.8 Å². The first-order valence-corrected chi connectivity index (χ1v) is 7.07. The molecule has 1 aromatic carbocycles. The van der Waals surface area contributed by atoms with E-state index in [9.17, 15) is 14.4 Å². The smallest absolute Gasteiger partial charge is 0.277 e. The predicted octanol–water partition coefficient (Wildman–Crippen LogP) is 2.61. The van der Waals surface area contributed by atoms with E-state index in [-0.39, 0.29) is 5.92 Å². The van der Waals surface area contributed by atoms with Crippen molar-refractivity contribution in [3.63, 3.8) is 0 Å². The number of carbonyl (C=O) groups is 3. The van der Waals surface area contributed by atoms with Gasteiger partial charge in [-0.15, -0.1) is 0 Å². The molecule has 6 heteroatoms. The number of anilines is 1. The Balaban J connectivity index is 2.49. The van der Waals surface area contributed by atoms with Gasteiger partial charge in [-0.25, -0.2) is 9.69 Å². The van der Waals surface area contributed by atoms with Gasteiger partial charge in [-0.1, -0.05) is 35.8 Å². The first kappa shape index (κ1) is 14.7. The number of nitrogens with one attached hydrogen (secondary N) is 1. The Hall–Kier alpha value is -1.69. The van der Waals surface area contributed by atoms with Crippen LogP contribution in [0.5, 0.6) is 0 Å². The number of barbiturate groups is 1. The number of halogens is 1. The molecule has 2 rings (SSSR count). The third-order valence-corrected chi connectivity index (χ3v) is 4.21. The van der Waals surface area contributed by atoms with E-state index in [2.05, 4.69) is 21.2 Å². The Morgan fingerprint density at radius 1 is 1.25 bits per heavy atom. The summed E-state index contributed by atoms with van der Waals surface area (Å²) in [7, 11) is 0. The maximum absolute atomic E-state index is 12.5. The van der Waals surface area contributed by atoms with Crippen LogP contribution in [0.25, 0.3) is 0 Å². The summed E-state index contributed by atoms with van der Waals surface area (Å²) in [6.07, 6.45) is 0. The molecule has 1 fully saturated rings. The van der Waals surface area contributed by atoms with Gasteiger partial charge in [-0.2, -0.15) is 0 Å². The predicted molar refractivity (Wildman–Crippen MR) is 78.2 cm³/mol. The number of amides is 4. The topological polar surface area (TPSA) is 66.5 Å². The van der Waals surface area contributed by atoms with Crippen LogP contribution >= 0.6 is 15.9 Å². The largest absolute Gasteiger partial charge is 0.335 e. The fourth-order valence-electron chi connectivity index (χ4n) is 2.24. The Morgan fingerprint density at radius 2 is 1.90 bits per heavy atom. The number of carbonyl (C=O) groups excluding carboxylic acids is 3. The third kappa shape index (κ3) is 2.35. The van der Waals surface area contributed by atoms with Crippen LogP contribution in [0.15, 0.2) is 22.7 Å². The molecule has 1 unspecified atom stereocenters. The molecular weight excluding hydrogens is 324 g/mol. The van der Waals surface area contributed by atoms with E-state index < -0.39 is 23.8 Å². The van der Waals surface area contributed by atoms with Crippen LogP contribution in [0, 0.1) is 18.8 Å². The van der Waals surface area contributed by atoms with Crippen LogP contribution in [0.1, 0.15) is 19.4 Å². The minimum atomic E-state index is -0.842.